The van der Waals surface area contributed by atoms with Gasteiger partial charge in [0.25, 0.3) is 0 Å². The first-order valence-electron chi connectivity index (χ1n) is 13.1. The van der Waals surface area contributed by atoms with Gasteiger partial charge in [-0.15, -0.1) is 0 Å². The van der Waals surface area contributed by atoms with Gasteiger partial charge in [-0.1, -0.05) is 13.8 Å². The van der Waals surface area contributed by atoms with Gasteiger partial charge in [-0.25, -0.2) is 4.79 Å². The number of carbonyl (C=O) groups is 2. The topological polar surface area (TPSA) is 91.3 Å². The summed E-state index contributed by atoms with van der Waals surface area (Å²) in [5.41, 5.74) is 3.64. The van der Waals surface area contributed by atoms with Crippen molar-refractivity contribution in [3.05, 3.63) is 40.5 Å². The number of carbonyl (C=O) groups excluding carboxylic acids is 1. The highest BCUT2D eigenvalue weighted by Gasteiger charge is 2.50. The summed E-state index contributed by atoms with van der Waals surface area (Å²) in [4.78, 5) is 25.0. The van der Waals surface area contributed by atoms with E-state index in [1.165, 1.54) is 0 Å². The van der Waals surface area contributed by atoms with E-state index >= 15 is 0 Å². The van der Waals surface area contributed by atoms with Crippen LogP contribution in [-0.2, 0) is 25.5 Å². The molecule has 0 aromatic heterocycles. The molecule has 1 N–H and O–H groups in total. The Morgan fingerprint density at radius 3 is 2.58 bits per heavy atom. The molecule has 0 bridgehead atoms. The lowest BCUT2D eigenvalue weighted by Gasteiger charge is -2.48. The van der Waals surface area contributed by atoms with Crippen LogP contribution in [-0.4, -0.2) is 56.5 Å². The molecular formula is C29H36O7. The fraction of sp³-hybridized carbons (Fsp3) is 0.586. The normalized spacial score (nSPS) is 25.0. The molecule has 7 nitrogen and oxygen atoms in total. The van der Waals surface area contributed by atoms with Crippen molar-refractivity contribution >= 4 is 17.3 Å². The summed E-state index contributed by atoms with van der Waals surface area (Å²) < 4.78 is 23.6. The van der Waals surface area contributed by atoms with E-state index in [-0.39, 0.29) is 29.1 Å². The van der Waals surface area contributed by atoms with Crippen molar-refractivity contribution in [3.8, 4) is 11.5 Å². The Balaban J connectivity index is 1.68. The minimum absolute atomic E-state index is 0.147. The summed E-state index contributed by atoms with van der Waals surface area (Å²) in [7, 11) is 1.68. The van der Waals surface area contributed by atoms with E-state index in [2.05, 4.69) is 19.9 Å². The zero-order chi connectivity index (χ0) is 25.4. The van der Waals surface area contributed by atoms with Crippen LogP contribution in [0.15, 0.2) is 29.4 Å². The van der Waals surface area contributed by atoms with Gasteiger partial charge in [-0.2, -0.15) is 0 Å². The van der Waals surface area contributed by atoms with Crippen LogP contribution in [0.2, 0.25) is 0 Å². The highest BCUT2D eigenvalue weighted by Crippen LogP contribution is 2.55. The fourth-order valence-electron chi connectivity index (χ4n) is 5.81. The van der Waals surface area contributed by atoms with Crippen LogP contribution in [0.4, 0.5) is 0 Å². The first-order chi connectivity index (χ1) is 17.4. The van der Waals surface area contributed by atoms with Gasteiger partial charge in [0.05, 0.1) is 25.2 Å². The molecule has 194 valence electrons. The Morgan fingerprint density at radius 1 is 1.19 bits per heavy atom. The van der Waals surface area contributed by atoms with Gasteiger partial charge in [0.15, 0.2) is 5.78 Å². The Kier molecular flexibility index (Phi) is 6.97. The van der Waals surface area contributed by atoms with Gasteiger partial charge in [-0.3, -0.25) is 4.79 Å². The molecule has 0 spiro atoms. The second-order valence-corrected chi connectivity index (χ2v) is 10.8. The SMILES string of the molecule is CCc1cc2c(cc1OCCCOC)OC(C1(C)COC1)C1=C2C(C2CC2)CCC(=O)C(C(=O)O)=C1. The average Bonchev–Trinajstić information content (AvgIpc) is 3.67. The van der Waals surface area contributed by atoms with E-state index in [9.17, 15) is 14.7 Å². The number of hydrogen-bond donors (Lipinski definition) is 1. The molecule has 36 heavy (non-hydrogen) atoms. The van der Waals surface area contributed by atoms with Crippen LogP contribution < -0.4 is 9.47 Å². The molecule has 2 heterocycles. The summed E-state index contributed by atoms with van der Waals surface area (Å²) in [6.07, 6.45) is 5.98. The predicted octanol–water partition coefficient (Wildman–Crippen LogP) is 4.62. The molecular weight excluding hydrogens is 460 g/mol. The van der Waals surface area contributed by atoms with Crippen molar-refractivity contribution in [1.82, 2.24) is 0 Å². The Hall–Kier alpha value is -2.64. The van der Waals surface area contributed by atoms with Crippen molar-refractivity contribution < 1.29 is 33.6 Å². The van der Waals surface area contributed by atoms with Crippen LogP contribution in [0.1, 0.15) is 57.1 Å². The zero-order valence-corrected chi connectivity index (χ0v) is 21.4. The maximum Gasteiger partial charge on any atom is 0.339 e. The number of aliphatic carboxylic acids is 1. The van der Waals surface area contributed by atoms with Gasteiger partial charge in [-0.05, 0) is 66.4 Å². The van der Waals surface area contributed by atoms with Crippen LogP contribution in [0.3, 0.4) is 0 Å². The number of aryl methyl sites for hydroxylation is 1. The minimum Gasteiger partial charge on any atom is -0.493 e. The number of hydrogen-bond acceptors (Lipinski definition) is 6. The van der Waals surface area contributed by atoms with E-state index in [4.69, 9.17) is 18.9 Å². The summed E-state index contributed by atoms with van der Waals surface area (Å²) in [5.74, 6) is 0.821. The highest BCUT2D eigenvalue weighted by atomic mass is 16.5. The molecule has 7 heteroatoms. The first-order valence-corrected chi connectivity index (χ1v) is 13.1. The molecule has 0 amide bonds. The number of Topliss-reactive ketones (excluding diaryl/α,β-unsaturated/α-hetero) is 1. The molecule has 4 aliphatic rings. The molecule has 1 saturated heterocycles. The third-order valence-corrected chi connectivity index (χ3v) is 7.99. The molecule has 1 aromatic carbocycles. The molecule has 2 unspecified atom stereocenters. The Bertz CT molecular complexity index is 1110. The van der Waals surface area contributed by atoms with E-state index in [0.717, 1.165) is 59.5 Å². The quantitative estimate of drug-likeness (QED) is 0.394. The third kappa shape index (κ3) is 4.59. The van der Waals surface area contributed by atoms with E-state index in [0.29, 0.717) is 38.8 Å². The molecule has 5 rings (SSSR count). The molecule has 1 aromatic rings. The molecule has 0 radical (unpaired) electrons. The van der Waals surface area contributed by atoms with Crippen molar-refractivity contribution in [2.24, 2.45) is 17.3 Å². The monoisotopic (exact) mass is 496 g/mol. The number of fused-ring (bicyclic) bond motifs is 2. The van der Waals surface area contributed by atoms with Crippen LogP contribution in [0.5, 0.6) is 11.5 Å². The number of ketones is 1. The van der Waals surface area contributed by atoms with Crippen molar-refractivity contribution in [2.45, 2.75) is 58.5 Å². The number of benzene rings is 1. The van der Waals surface area contributed by atoms with Gasteiger partial charge < -0.3 is 24.1 Å². The first kappa shape index (κ1) is 25.0. The number of carboxylic acid groups (broad SMARTS) is 1. The Labute approximate surface area is 212 Å². The van der Waals surface area contributed by atoms with Gasteiger partial charge in [0.2, 0.25) is 0 Å². The fourth-order valence-corrected chi connectivity index (χ4v) is 5.81. The second-order valence-electron chi connectivity index (χ2n) is 10.8. The number of ether oxygens (including phenoxy) is 4. The number of carboxylic acids is 1. The second kappa shape index (κ2) is 10.0. The maximum absolute atomic E-state index is 12.9. The standard InChI is InChI=1S/C29H36O7/c1-4-17-12-21-25(14-24(17)35-11-5-10-33-3)36-27(29(2)15-34-16-29)22-13-20(28(31)32)23(30)9-8-19(26(21)22)18-6-7-18/h12-14,18-19,27H,4-11,15-16H2,1-3H3,(H,31,32). The minimum atomic E-state index is -1.18. The van der Waals surface area contributed by atoms with E-state index < -0.39 is 12.1 Å². The lowest BCUT2D eigenvalue weighted by molar-refractivity contribution is -0.143. The summed E-state index contributed by atoms with van der Waals surface area (Å²) in [6.45, 7) is 6.46. The smallest absolute Gasteiger partial charge is 0.339 e. The van der Waals surface area contributed by atoms with Gasteiger partial charge in [0.1, 0.15) is 23.2 Å². The van der Waals surface area contributed by atoms with Crippen molar-refractivity contribution in [2.75, 3.05) is 33.5 Å². The number of methoxy groups -OCH3 is 1. The molecule has 2 atom stereocenters. The van der Waals surface area contributed by atoms with Crippen LogP contribution >= 0.6 is 0 Å². The van der Waals surface area contributed by atoms with E-state index in [1.807, 2.05) is 6.07 Å². The molecule has 2 fully saturated rings. The highest BCUT2D eigenvalue weighted by molar-refractivity contribution is 6.17. The maximum atomic E-state index is 12.9. The Morgan fingerprint density at radius 2 is 1.97 bits per heavy atom. The average molecular weight is 497 g/mol. The number of allylic oxidation sites excluding steroid dienone is 1. The summed E-state index contributed by atoms with van der Waals surface area (Å²) in [5, 5.41) is 9.90. The lowest BCUT2D eigenvalue weighted by Crippen LogP contribution is -2.53. The third-order valence-electron chi connectivity index (χ3n) is 7.99. The summed E-state index contributed by atoms with van der Waals surface area (Å²) >= 11 is 0. The molecule has 2 aliphatic heterocycles. The molecule has 1 saturated carbocycles. The molecule has 2 aliphatic carbocycles. The predicted molar refractivity (Wildman–Crippen MR) is 134 cm³/mol. The van der Waals surface area contributed by atoms with Crippen molar-refractivity contribution in [1.29, 1.82) is 0 Å². The van der Waals surface area contributed by atoms with Crippen LogP contribution in [0.25, 0.3) is 5.57 Å². The van der Waals surface area contributed by atoms with E-state index in [1.54, 1.807) is 13.2 Å². The summed E-state index contributed by atoms with van der Waals surface area (Å²) in [6, 6.07) is 4.18. The zero-order valence-electron chi connectivity index (χ0n) is 21.4. The van der Waals surface area contributed by atoms with Crippen LogP contribution in [0, 0.1) is 17.3 Å². The lowest BCUT2D eigenvalue weighted by atomic mass is 9.70. The van der Waals surface area contributed by atoms with Gasteiger partial charge in [0, 0.05) is 38.2 Å². The number of rotatable bonds is 9. The van der Waals surface area contributed by atoms with Crippen molar-refractivity contribution in [3.63, 3.8) is 0 Å². The largest absolute Gasteiger partial charge is 0.493 e. The van der Waals surface area contributed by atoms with Gasteiger partial charge >= 0.3 is 5.97 Å².